The highest BCUT2D eigenvalue weighted by molar-refractivity contribution is 5.94. The number of rotatable bonds is 12. The molecule has 0 radical (unpaired) electrons. The van der Waals surface area contributed by atoms with E-state index >= 15 is 0 Å². The topological polar surface area (TPSA) is 220 Å². The van der Waals surface area contributed by atoms with Crippen LogP contribution in [0, 0.1) is 5.92 Å². The maximum Gasteiger partial charge on any atom is 0.326 e. The van der Waals surface area contributed by atoms with Crippen LogP contribution in [0.2, 0.25) is 0 Å². The monoisotopic (exact) mass is 428 g/mol. The molecule has 3 amide bonds. The first-order valence-electron chi connectivity index (χ1n) is 9.19. The van der Waals surface area contributed by atoms with Crippen LogP contribution < -0.4 is 21.7 Å². The van der Waals surface area contributed by atoms with Crippen molar-refractivity contribution in [3.8, 4) is 0 Å². The van der Waals surface area contributed by atoms with Gasteiger partial charge in [-0.15, -0.1) is 0 Å². The van der Waals surface area contributed by atoms with E-state index in [2.05, 4.69) is 25.9 Å². The molecule has 4 unspecified atom stereocenters. The van der Waals surface area contributed by atoms with Crippen LogP contribution in [0.5, 0.6) is 0 Å². The number of hydrogen-bond acceptors (Lipinski definition) is 8. The smallest absolute Gasteiger partial charge is 0.326 e. The van der Waals surface area contributed by atoms with E-state index < -0.39 is 61.1 Å². The highest BCUT2D eigenvalue weighted by Crippen LogP contribution is 2.01. The van der Waals surface area contributed by atoms with Gasteiger partial charge in [0.1, 0.15) is 18.1 Å². The van der Waals surface area contributed by atoms with E-state index in [1.807, 2.05) is 0 Å². The van der Waals surface area contributed by atoms with E-state index in [0.717, 1.165) is 0 Å². The summed E-state index contributed by atoms with van der Waals surface area (Å²) in [5, 5.41) is 34.8. The van der Waals surface area contributed by atoms with Gasteiger partial charge in [0.15, 0.2) is 0 Å². The van der Waals surface area contributed by atoms with Crippen LogP contribution in [-0.4, -0.2) is 86.4 Å². The van der Waals surface area contributed by atoms with Gasteiger partial charge in [0, 0.05) is 18.3 Å². The third kappa shape index (κ3) is 7.42. The normalized spacial score (nSPS) is 15.0. The zero-order chi connectivity index (χ0) is 22.8. The lowest BCUT2D eigenvalue weighted by molar-refractivity contribution is -0.142. The minimum absolute atomic E-state index is 0.102. The Morgan fingerprint density at radius 3 is 1.90 bits per heavy atom. The number of nitrogens with one attached hydrogen (secondary N) is 4. The molecule has 168 valence electrons. The Morgan fingerprint density at radius 2 is 1.50 bits per heavy atom. The third-order valence-corrected chi connectivity index (χ3v) is 4.25. The second-order valence-corrected chi connectivity index (χ2v) is 6.94. The fourth-order valence-electron chi connectivity index (χ4n) is 2.32. The maximum atomic E-state index is 12.3. The number of aliphatic carboxylic acids is 1. The molecule has 0 aliphatic heterocycles. The summed E-state index contributed by atoms with van der Waals surface area (Å²) in [6, 6.07) is -5.18. The second-order valence-electron chi connectivity index (χ2n) is 6.94. The number of carbonyl (C=O) groups is 4. The van der Waals surface area contributed by atoms with Gasteiger partial charge < -0.3 is 42.0 Å². The molecule has 1 aromatic heterocycles. The number of H-pyrrole nitrogens is 1. The second kappa shape index (κ2) is 11.8. The number of carboxylic acids is 1. The summed E-state index contributed by atoms with van der Waals surface area (Å²) >= 11 is 0. The first-order valence-corrected chi connectivity index (χ1v) is 9.19. The summed E-state index contributed by atoms with van der Waals surface area (Å²) in [7, 11) is 0. The Kier molecular flexibility index (Phi) is 9.88. The van der Waals surface area contributed by atoms with E-state index in [0.29, 0.717) is 5.69 Å². The lowest BCUT2D eigenvalue weighted by Crippen LogP contribution is -2.59. The molecule has 9 N–H and O–H groups in total. The molecule has 30 heavy (non-hydrogen) atoms. The van der Waals surface area contributed by atoms with Crippen molar-refractivity contribution >= 4 is 23.7 Å². The molecule has 13 nitrogen and oxygen atoms in total. The molecule has 1 rings (SSSR count). The lowest BCUT2D eigenvalue weighted by Gasteiger charge is -2.24. The standard InChI is InChI=1S/C17H28N6O7/c1-8(2)13(18)16(28)23-12(6-25)15(27)22-11(5-24)14(26)21-10(17(29)30)3-9-4-19-7-20-9/h4,7-8,10-13,24-25H,3,5-6,18H2,1-2H3,(H,19,20)(H,21,26)(H,22,27)(H,23,28)(H,29,30). The van der Waals surface area contributed by atoms with Gasteiger partial charge in [0.25, 0.3) is 0 Å². The molecule has 0 aliphatic carbocycles. The summed E-state index contributed by atoms with van der Waals surface area (Å²) in [4.78, 5) is 54.5. The average Bonchev–Trinajstić information content (AvgIpc) is 3.21. The van der Waals surface area contributed by atoms with Crippen LogP contribution in [0.3, 0.4) is 0 Å². The van der Waals surface area contributed by atoms with Crippen molar-refractivity contribution < 1.29 is 34.5 Å². The van der Waals surface area contributed by atoms with E-state index in [1.165, 1.54) is 12.5 Å². The Morgan fingerprint density at radius 1 is 1.00 bits per heavy atom. The van der Waals surface area contributed by atoms with Crippen LogP contribution in [0.15, 0.2) is 12.5 Å². The summed E-state index contributed by atoms with van der Waals surface area (Å²) in [5.41, 5.74) is 6.14. The zero-order valence-electron chi connectivity index (χ0n) is 16.7. The molecule has 0 aliphatic rings. The minimum Gasteiger partial charge on any atom is -0.480 e. The Hall–Kier alpha value is -3.03. The molecule has 0 bridgehead atoms. The number of aromatic nitrogens is 2. The fraction of sp³-hybridized carbons (Fsp3) is 0.588. The Labute approximate surface area is 172 Å². The fourth-order valence-corrected chi connectivity index (χ4v) is 2.32. The summed E-state index contributed by atoms with van der Waals surface area (Å²) in [6.07, 6.45) is 2.64. The van der Waals surface area contributed by atoms with E-state index in [1.54, 1.807) is 13.8 Å². The van der Waals surface area contributed by atoms with Gasteiger partial charge >= 0.3 is 5.97 Å². The van der Waals surface area contributed by atoms with Crippen molar-refractivity contribution in [3.05, 3.63) is 18.2 Å². The minimum atomic E-state index is -1.51. The molecule has 0 fully saturated rings. The predicted molar refractivity (Wildman–Crippen MR) is 103 cm³/mol. The number of carbonyl (C=O) groups excluding carboxylic acids is 3. The SMILES string of the molecule is CC(C)C(N)C(=O)NC(CO)C(=O)NC(CO)C(=O)NC(Cc1cnc[nH]1)C(=O)O. The van der Waals surface area contributed by atoms with Crippen molar-refractivity contribution in [1.82, 2.24) is 25.9 Å². The number of nitrogens with two attached hydrogens (primary N) is 1. The molecule has 4 atom stereocenters. The number of hydrogen-bond donors (Lipinski definition) is 8. The van der Waals surface area contributed by atoms with Gasteiger partial charge in [0.2, 0.25) is 17.7 Å². The summed E-state index contributed by atoms with van der Waals surface area (Å²) < 4.78 is 0. The Bertz CT molecular complexity index is 724. The lowest BCUT2D eigenvalue weighted by atomic mass is 10.0. The van der Waals surface area contributed by atoms with Crippen molar-refractivity contribution in [2.24, 2.45) is 11.7 Å². The molecular formula is C17H28N6O7. The molecule has 0 saturated carbocycles. The van der Waals surface area contributed by atoms with Crippen LogP contribution in [-0.2, 0) is 25.6 Å². The van der Waals surface area contributed by atoms with Crippen LogP contribution >= 0.6 is 0 Å². The van der Waals surface area contributed by atoms with E-state index in [4.69, 9.17) is 5.73 Å². The van der Waals surface area contributed by atoms with E-state index in [-0.39, 0.29) is 12.3 Å². The number of aliphatic hydroxyl groups is 2. The zero-order valence-corrected chi connectivity index (χ0v) is 16.7. The predicted octanol–water partition coefficient (Wildman–Crippen LogP) is -3.54. The van der Waals surface area contributed by atoms with Gasteiger partial charge in [-0.05, 0) is 5.92 Å². The van der Waals surface area contributed by atoms with Crippen molar-refractivity contribution in [3.63, 3.8) is 0 Å². The average molecular weight is 428 g/mol. The van der Waals surface area contributed by atoms with Crippen LogP contribution in [0.4, 0.5) is 0 Å². The number of nitrogens with zero attached hydrogens (tertiary/aromatic N) is 1. The first kappa shape index (κ1) is 25.0. The number of aromatic amines is 1. The van der Waals surface area contributed by atoms with Crippen LogP contribution in [0.1, 0.15) is 19.5 Å². The molecule has 13 heteroatoms. The van der Waals surface area contributed by atoms with E-state index in [9.17, 15) is 34.5 Å². The Balaban J connectivity index is 2.74. The van der Waals surface area contributed by atoms with Crippen LogP contribution in [0.25, 0.3) is 0 Å². The summed E-state index contributed by atoms with van der Waals surface area (Å²) in [6.45, 7) is 1.78. The molecule has 1 aromatic rings. The quantitative estimate of drug-likeness (QED) is 0.165. The van der Waals surface area contributed by atoms with Crippen molar-refractivity contribution in [1.29, 1.82) is 0 Å². The third-order valence-electron chi connectivity index (χ3n) is 4.25. The number of amides is 3. The first-order chi connectivity index (χ1) is 14.1. The largest absolute Gasteiger partial charge is 0.480 e. The molecular weight excluding hydrogens is 400 g/mol. The van der Waals surface area contributed by atoms with Crippen molar-refractivity contribution in [2.75, 3.05) is 13.2 Å². The van der Waals surface area contributed by atoms with Crippen molar-refractivity contribution in [2.45, 2.75) is 44.4 Å². The highest BCUT2D eigenvalue weighted by atomic mass is 16.4. The molecule has 0 saturated heterocycles. The molecule has 0 spiro atoms. The van der Waals surface area contributed by atoms with Gasteiger partial charge in [-0.3, -0.25) is 14.4 Å². The number of aliphatic hydroxyl groups excluding tert-OH is 2. The molecule has 1 heterocycles. The van der Waals surface area contributed by atoms with Gasteiger partial charge in [-0.2, -0.15) is 0 Å². The number of imidazole rings is 1. The van der Waals surface area contributed by atoms with Gasteiger partial charge in [-0.1, -0.05) is 13.8 Å². The molecule has 0 aromatic carbocycles. The summed E-state index contributed by atoms with van der Waals surface area (Å²) in [5.74, 6) is -4.12. The maximum absolute atomic E-state index is 12.3. The van der Waals surface area contributed by atoms with Gasteiger partial charge in [-0.25, -0.2) is 9.78 Å². The number of carboxylic acid groups (broad SMARTS) is 1. The highest BCUT2D eigenvalue weighted by Gasteiger charge is 2.30. The van der Waals surface area contributed by atoms with Gasteiger partial charge in [0.05, 0.1) is 25.6 Å².